The van der Waals surface area contributed by atoms with Crippen molar-refractivity contribution in [3.63, 3.8) is 0 Å². The lowest BCUT2D eigenvalue weighted by atomic mass is 9.78. The van der Waals surface area contributed by atoms with Crippen molar-refractivity contribution in [3.8, 4) is 6.07 Å². The van der Waals surface area contributed by atoms with Gasteiger partial charge in [0.05, 0.1) is 16.8 Å². The molecule has 7 heteroatoms. The SMILES string of the molecule is CC(=O)SCC(=Cc1cncc(C#N)c1)B1OC(C)(C)C(C)(C)O1. The van der Waals surface area contributed by atoms with E-state index in [-0.39, 0.29) is 5.12 Å². The van der Waals surface area contributed by atoms with Gasteiger partial charge in [-0.15, -0.1) is 0 Å². The van der Waals surface area contributed by atoms with Gasteiger partial charge in [-0.3, -0.25) is 9.78 Å². The highest BCUT2D eigenvalue weighted by atomic mass is 32.2. The first-order chi connectivity index (χ1) is 11.1. The minimum absolute atomic E-state index is 0.0290. The van der Waals surface area contributed by atoms with Crippen LogP contribution in [0.1, 0.15) is 45.7 Å². The normalized spacial score (nSPS) is 19.2. The third kappa shape index (κ3) is 4.26. The van der Waals surface area contributed by atoms with Crippen LogP contribution in [0.15, 0.2) is 23.9 Å². The standard InChI is InChI=1S/C17H21BN2O3S/c1-12(21)24-11-15(7-13-6-14(8-19)10-20-9-13)18-22-16(2,3)17(4,5)23-18/h6-7,9-10H,11H2,1-5H3. The van der Waals surface area contributed by atoms with Gasteiger partial charge in [-0.25, -0.2) is 0 Å². The fraction of sp³-hybridized carbons (Fsp3) is 0.471. The van der Waals surface area contributed by atoms with Crippen LogP contribution in [-0.2, 0) is 14.1 Å². The summed E-state index contributed by atoms with van der Waals surface area (Å²) in [7, 11) is -0.535. The molecule has 24 heavy (non-hydrogen) atoms. The first-order valence-electron chi connectivity index (χ1n) is 7.69. The van der Waals surface area contributed by atoms with Crippen molar-refractivity contribution in [3.05, 3.63) is 35.1 Å². The maximum absolute atomic E-state index is 11.4. The highest BCUT2D eigenvalue weighted by molar-refractivity contribution is 8.13. The lowest BCUT2D eigenvalue weighted by molar-refractivity contribution is -0.109. The summed E-state index contributed by atoms with van der Waals surface area (Å²) in [6.45, 7) is 9.48. The number of aromatic nitrogens is 1. The monoisotopic (exact) mass is 344 g/mol. The van der Waals surface area contributed by atoms with E-state index < -0.39 is 18.3 Å². The molecule has 0 saturated carbocycles. The minimum atomic E-state index is -0.535. The maximum Gasteiger partial charge on any atom is 0.491 e. The van der Waals surface area contributed by atoms with E-state index in [0.29, 0.717) is 11.3 Å². The zero-order valence-electron chi connectivity index (χ0n) is 14.6. The van der Waals surface area contributed by atoms with Gasteiger partial charge in [-0.2, -0.15) is 5.26 Å². The molecule has 5 nitrogen and oxygen atoms in total. The molecule has 0 aliphatic carbocycles. The maximum atomic E-state index is 11.4. The van der Waals surface area contributed by atoms with E-state index in [4.69, 9.17) is 14.6 Å². The number of thioether (sulfide) groups is 1. The summed E-state index contributed by atoms with van der Waals surface area (Å²) in [4.78, 5) is 15.4. The molecule has 0 amide bonds. The Morgan fingerprint density at radius 2 is 1.96 bits per heavy atom. The van der Waals surface area contributed by atoms with E-state index in [2.05, 4.69) is 11.1 Å². The first-order valence-corrected chi connectivity index (χ1v) is 8.68. The van der Waals surface area contributed by atoms with Crippen molar-refractivity contribution >= 4 is 30.1 Å². The number of hydrogen-bond acceptors (Lipinski definition) is 6. The minimum Gasteiger partial charge on any atom is -0.400 e. The highest BCUT2D eigenvalue weighted by Crippen LogP contribution is 2.39. The molecule has 0 bridgehead atoms. The average molecular weight is 344 g/mol. The van der Waals surface area contributed by atoms with Crippen molar-refractivity contribution in [2.45, 2.75) is 45.8 Å². The first kappa shape index (κ1) is 18.7. The summed E-state index contributed by atoms with van der Waals surface area (Å²) in [6.07, 6.45) is 5.06. The van der Waals surface area contributed by atoms with E-state index in [9.17, 15) is 4.79 Å². The van der Waals surface area contributed by atoms with E-state index in [0.717, 1.165) is 11.0 Å². The van der Waals surface area contributed by atoms with E-state index in [1.54, 1.807) is 12.3 Å². The summed E-state index contributed by atoms with van der Waals surface area (Å²) >= 11 is 1.20. The van der Waals surface area contributed by atoms with Crippen LogP contribution >= 0.6 is 11.8 Å². The Morgan fingerprint density at radius 1 is 1.33 bits per heavy atom. The number of hydrogen-bond donors (Lipinski definition) is 0. The molecule has 1 aliphatic heterocycles. The number of rotatable bonds is 4. The Morgan fingerprint density at radius 3 is 2.50 bits per heavy atom. The van der Waals surface area contributed by atoms with E-state index >= 15 is 0 Å². The van der Waals surface area contributed by atoms with Crippen molar-refractivity contribution in [2.75, 3.05) is 5.75 Å². The van der Waals surface area contributed by atoms with Crippen molar-refractivity contribution < 1.29 is 14.1 Å². The second kappa shape index (κ2) is 7.10. The molecule has 1 aromatic rings. The molecule has 0 aromatic carbocycles. The molecule has 1 saturated heterocycles. The summed E-state index contributed by atoms with van der Waals surface area (Å²) in [5, 5.41) is 9.04. The fourth-order valence-electron chi connectivity index (χ4n) is 2.17. The van der Waals surface area contributed by atoms with Crippen LogP contribution in [0, 0.1) is 11.3 Å². The molecule has 0 unspecified atom stereocenters. The van der Waals surface area contributed by atoms with Crippen LogP contribution in [0.4, 0.5) is 0 Å². The van der Waals surface area contributed by atoms with Gasteiger partial charge in [-0.05, 0) is 44.8 Å². The van der Waals surface area contributed by atoms with Gasteiger partial charge in [-0.1, -0.05) is 17.8 Å². The van der Waals surface area contributed by atoms with Crippen LogP contribution in [0.3, 0.4) is 0 Å². The fourth-order valence-corrected chi connectivity index (χ4v) is 2.76. The average Bonchev–Trinajstić information content (AvgIpc) is 2.71. The molecular weight excluding hydrogens is 323 g/mol. The van der Waals surface area contributed by atoms with Crippen LogP contribution in [0.25, 0.3) is 6.08 Å². The van der Waals surface area contributed by atoms with Crippen molar-refractivity contribution in [1.29, 1.82) is 5.26 Å². The molecule has 1 fully saturated rings. The Labute approximate surface area is 147 Å². The van der Waals surface area contributed by atoms with Crippen LogP contribution < -0.4 is 0 Å². The predicted molar refractivity (Wildman–Crippen MR) is 96.2 cm³/mol. The van der Waals surface area contributed by atoms with Gasteiger partial charge in [0.15, 0.2) is 5.12 Å². The zero-order valence-corrected chi connectivity index (χ0v) is 15.4. The molecule has 0 spiro atoms. The third-order valence-electron chi connectivity index (χ3n) is 4.24. The Bertz CT molecular complexity index is 694. The molecule has 0 radical (unpaired) electrons. The lowest BCUT2D eigenvalue weighted by Crippen LogP contribution is -2.41. The smallest absolute Gasteiger partial charge is 0.400 e. The van der Waals surface area contributed by atoms with Gasteiger partial charge in [0, 0.05) is 25.1 Å². The van der Waals surface area contributed by atoms with Gasteiger partial charge in [0.2, 0.25) is 0 Å². The number of nitrogens with zero attached hydrogens (tertiary/aromatic N) is 2. The zero-order chi connectivity index (χ0) is 18.0. The van der Waals surface area contributed by atoms with Crippen LogP contribution in [0.5, 0.6) is 0 Å². The summed E-state index contributed by atoms with van der Waals surface area (Å²) in [6, 6.07) is 3.82. The second-order valence-corrected chi connectivity index (χ2v) is 7.86. The van der Waals surface area contributed by atoms with E-state index in [1.165, 1.54) is 24.9 Å². The van der Waals surface area contributed by atoms with Crippen LogP contribution in [-0.4, -0.2) is 34.2 Å². The van der Waals surface area contributed by atoms with Crippen molar-refractivity contribution in [2.24, 2.45) is 0 Å². The molecule has 126 valence electrons. The molecule has 1 aliphatic rings. The molecule has 0 atom stereocenters. The Hall–Kier alpha value is -1.62. The summed E-state index contributed by atoms with van der Waals surface area (Å²) < 4.78 is 12.2. The molecule has 2 rings (SSSR count). The Kier molecular flexibility index (Phi) is 5.54. The summed E-state index contributed by atoms with van der Waals surface area (Å²) in [5.41, 5.74) is 1.19. The topological polar surface area (TPSA) is 72.2 Å². The quantitative estimate of drug-likeness (QED) is 0.781. The summed E-state index contributed by atoms with van der Waals surface area (Å²) in [5.74, 6) is 0.461. The number of carbonyl (C=O) groups excluding carboxylic acids is 1. The Balaban J connectivity index is 2.33. The molecule has 0 N–H and O–H groups in total. The van der Waals surface area contributed by atoms with E-state index in [1.807, 2.05) is 33.8 Å². The van der Waals surface area contributed by atoms with Crippen molar-refractivity contribution in [1.82, 2.24) is 4.98 Å². The molecule has 2 heterocycles. The highest BCUT2D eigenvalue weighted by Gasteiger charge is 2.52. The van der Waals surface area contributed by atoms with Gasteiger partial charge >= 0.3 is 7.12 Å². The van der Waals surface area contributed by atoms with Gasteiger partial charge < -0.3 is 9.31 Å². The molecular formula is C17H21BN2O3S. The number of nitriles is 1. The largest absolute Gasteiger partial charge is 0.491 e. The van der Waals surface area contributed by atoms with Crippen LogP contribution in [0.2, 0.25) is 0 Å². The molecule has 1 aromatic heterocycles. The number of carbonyl (C=O) groups is 1. The van der Waals surface area contributed by atoms with Gasteiger partial charge in [0.25, 0.3) is 0 Å². The second-order valence-electron chi connectivity index (χ2n) is 6.71. The third-order valence-corrected chi connectivity index (χ3v) is 5.12. The number of pyridine rings is 1. The van der Waals surface area contributed by atoms with Gasteiger partial charge in [0.1, 0.15) is 6.07 Å². The lowest BCUT2D eigenvalue weighted by Gasteiger charge is -2.32. The predicted octanol–water partition coefficient (Wildman–Crippen LogP) is 3.25.